The van der Waals surface area contributed by atoms with Crippen LogP contribution in [0, 0.1) is 18.2 Å². The van der Waals surface area contributed by atoms with E-state index in [1.54, 1.807) is 30.5 Å². The van der Waals surface area contributed by atoms with Crippen molar-refractivity contribution in [3.8, 4) is 11.8 Å². The van der Waals surface area contributed by atoms with Crippen LogP contribution < -0.4 is 10.3 Å². The molecule has 4 rings (SSSR count). The number of methoxy groups -OCH3 is 1. The molecule has 0 amide bonds. The van der Waals surface area contributed by atoms with Crippen molar-refractivity contribution in [1.82, 2.24) is 14.8 Å². The average molecular weight is 335 g/mol. The Balaban J connectivity index is 1.91. The molecule has 2 heterocycles. The fourth-order valence-electron chi connectivity index (χ4n) is 3.11. The molecule has 0 bridgehead atoms. The molecule has 0 unspecified atom stereocenters. The maximum atomic E-state index is 12.8. The first-order valence-electron chi connectivity index (χ1n) is 9.13. The maximum absolute atomic E-state index is 12.8. The predicted molar refractivity (Wildman–Crippen MR) is 96.0 cm³/mol. The molecule has 6 nitrogen and oxygen atoms in total. The molecule has 124 valence electrons. The zero-order chi connectivity index (χ0) is 20.1. The highest BCUT2D eigenvalue weighted by Crippen LogP contribution is 2.31. The molecule has 0 atom stereocenters. The number of nitriles is 1. The minimum atomic E-state index is -2.31. The van der Waals surface area contributed by atoms with E-state index < -0.39 is 6.85 Å². The lowest BCUT2D eigenvalue weighted by Gasteiger charge is -2.12. The van der Waals surface area contributed by atoms with E-state index in [0.717, 1.165) is 0 Å². The monoisotopic (exact) mass is 335 g/mol. The molecular formula is C19H16N4O2. The Morgan fingerprint density at radius 2 is 2.20 bits per heavy atom. The molecule has 0 aliphatic rings. The van der Waals surface area contributed by atoms with Gasteiger partial charge < -0.3 is 9.72 Å². The van der Waals surface area contributed by atoms with Gasteiger partial charge in [0.1, 0.15) is 5.75 Å². The zero-order valence-corrected chi connectivity index (χ0v) is 13.4. The summed E-state index contributed by atoms with van der Waals surface area (Å²) in [5.74, 6) is 0.390. The van der Waals surface area contributed by atoms with E-state index in [9.17, 15) is 4.79 Å². The number of hydrogen-bond acceptors (Lipinski definition) is 3. The van der Waals surface area contributed by atoms with Crippen LogP contribution in [0.3, 0.4) is 0 Å². The van der Waals surface area contributed by atoms with Crippen LogP contribution in [0.4, 0.5) is 0 Å². The van der Waals surface area contributed by atoms with Gasteiger partial charge >= 0.3 is 0 Å². The van der Waals surface area contributed by atoms with Crippen molar-refractivity contribution in [3.05, 3.63) is 63.6 Å². The Kier molecular flexibility index (Phi) is 2.67. The first kappa shape index (κ1) is 12.0. The van der Waals surface area contributed by atoms with Crippen molar-refractivity contribution in [1.29, 1.82) is 5.26 Å². The highest BCUT2D eigenvalue weighted by molar-refractivity contribution is 5.88. The maximum Gasteiger partial charge on any atom is 0.274 e. The number of nitrogens with zero attached hydrogens (tertiary/aromatic N) is 2. The third kappa shape index (κ3) is 2.29. The van der Waals surface area contributed by atoms with Gasteiger partial charge in [0.25, 0.3) is 5.56 Å². The van der Waals surface area contributed by atoms with Gasteiger partial charge in [-0.2, -0.15) is 5.26 Å². The van der Waals surface area contributed by atoms with E-state index in [2.05, 4.69) is 10.1 Å². The smallest absolute Gasteiger partial charge is 0.274 e. The molecule has 0 saturated carbocycles. The fourth-order valence-corrected chi connectivity index (χ4v) is 3.11. The highest BCUT2D eigenvalue weighted by atomic mass is 16.5. The standard InChI is InChI=1S/C19H16N4O2/c1-11-7-17(25-2)15(13-5-6-21-18(11)13)10-23-19(24)14-8-12(9-20)3-4-16(14)22-23/h3-8,21-22H,10H2,1-2H3/i1D3. The van der Waals surface area contributed by atoms with Crippen LogP contribution in [-0.4, -0.2) is 21.9 Å². The topological polar surface area (TPSA) is 86.6 Å². The Morgan fingerprint density at radius 3 is 2.96 bits per heavy atom. The molecule has 4 aromatic rings. The number of aromatic nitrogens is 3. The van der Waals surface area contributed by atoms with Crippen LogP contribution in [0.1, 0.15) is 20.8 Å². The lowest BCUT2D eigenvalue weighted by Crippen LogP contribution is -2.18. The number of aromatic amines is 2. The molecule has 2 aromatic heterocycles. The first-order valence-corrected chi connectivity index (χ1v) is 7.63. The van der Waals surface area contributed by atoms with Gasteiger partial charge in [-0.1, -0.05) is 0 Å². The number of nitrogens with one attached hydrogen (secondary N) is 2. The van der Waals surface area contributed by atoms with Crippen molar-refractivity contribution >= 4 is 21.8 Å². The lowest BCUT2D eigenvalue weighted by atomic mass is 10.0. The fraction of sp³-hybridized carbons (Fsp3) is 0.158. The zero-order valence-electron chi connectivity index (χ0n) is 16.4. The Morgan fingerprint density at radius 1 is 1.32 bits per heavy atom. The van der Waals surface area contributed by atoms with Crippen molar-refractivity contribution in [2.24, 2.45) is 0 Å². The van der Waals surface area contributed by atoms with Crippen LogP contribution in [0.5, 0.6) is 5.75 Å². The summed E-state index contributed by atoms with van der Waals surface area (Å²) >= 11 is 0. The molecule has 0 aliphatic carbocycles. The molecule has 0 aliphatic heterocycles. The van der Waals surface area contributed by atoms with E-state index in [0.29, 0.717) is 38.7 Å². The van der Waals surface area contributed by atoms with Crippen LogP contribution in [-0.2, 0) is 6.54 Å². The molecule has 6 heteroatoms. The second-order valence-corrected chi connectivity index (χ2v) is 5.75. The average Bonchev–Trinajstić information content (AvgIpc) is 3.26. The van der Waals surface area contributed by atoms with Gasteiger partial charge in [0.15, 0.2) is 0 Å². The second-order valence-electron chi connectivity index (χ2n) is 5.75. The SMILES string of the molecule is [2H]C([2H])([2H])c1cc(OC)c(Cn2[nH]c3ccc(C#N)cc3c2=O)c2cc[nH]c12. The molecule has 0 fully saturated rings. The summed E-state index contributed by atoms with van der Waals surface area (Å²) in [5.41, 5.74) is 2.09. The second kappa shape index (κ2) is 5.56. The van der Waals surface area contributed by atoms with Gasteiger partial charge in [-0.05, 0) is 42.7 Å². The predicted octanol–water partition coefficient (Wildman–Crippen LogP) is 3.05. The van der Waals surface area contributed by atoms with Crippen LogP contribution in [0.25, 0.3) is 21.8 Å². The highest BCUT2D eigenvalue weighted by Gasteiger charge is 2.15. The van der Waals surface area contributed by atoms with E-state index >= 15 is 0 Å². The van der Waals surface area contributed by atoms with Gasteiger partial charge in [-0.15, -0.1) is 0 Å². The number of hydrogen-bond donors (Lipinski definition) is 2. The van der Waals surface area contributed by atoms with Gasteiger partial charge in [0, 0.05) is 26.8 Å². The summed E-state index contributed by atoms with van der Waals surface area (Å²) in [7, 11) is 1.47. The molecule has 2 aromatic carbocycles. The summed E-state index contributed by atoms with van der Waals surface area (Å²) in [6.07, 6.45) is 1.66. The summed E-state index contributed by atoms with van der Waals surface area (Å²) in [5, 5.41) is 13.2. The van der Waals surface area contributed by atoms with Gasteiger partial charge in [0.05, 0.1) is 36.2 Å². The third-order valence-corrected chi connectivity index (χ3v) is 4.33. The van der Waals surface area contributed by atoms with Gasteiger partial charge in [0.2, 0.25) is 0 Å². The lowest BCUT2D eigenvalue weighted by molar-refractivity contribution is 0.408. The van der Waals surface area contributed by atoms with Crippen LogP contribution >= 0.6 is 0 Å². The number of H-pyrrole nitrogens is 2. The van der Waals surface area contributed by atoms with E-state index in [4.69, 9.17) is 14.1 Å². The number of rotatable bonds is 3. The third-order valence-electron chi connectivity index (χ3n) is 4.33. The van der Waals surface area contributed by atoms with Crippen molar-refractivity contribution in [2.75, 3.05) is 7.11 Å². The number of aryl methyl sites for hydroxylation is 1. The molecule has 0 spiro atoms. The normalized spacial score (nSPS) is 13.4. The van der Waals surface area contributed by atoms with E-state index in [1.165, 1.54) is 17.9 Å². The number of ether oxygens (including phenoxy) is 1. The van der Waals surface area contributed by atoms with Crippen molar-refractivity contribution in [2.45, 2.75) is 13.4 Å². The minimum absolute atomic E-state index is 0.161. The summed E-state index contributed by atoms with van der Waals surface area (Å²) < 4.78 is 30.2. The number of benzene rings is 2. The summed E-state index contributed by atoms with van der Waals surface area (Å²) in [6.45, 7) is -2.14. The summed E-state index contributed by atoms with van der Waals surface area (Å²) in [6, 6.07) is 10.2. The number of fused-ring (bicyclic) bond motifs is 2. The molecule has 0 radical (unpaired) electrons. The van der Waals surface area contributed by atoms with Crippen LogP contribution in [0.15, 0.2) is 41.3 Å². The largest absolute Gasteiger partial charge is 0.496 e. The molecule has 2 N–H and O–H groups in total. The summed E-state index contributed by atoms with van der Waals surface area (Å²) in [4.78, 5) is 15.8. The Labute approximate surface area is 147 Å². The molecule has 0 saturated heterocycles. The van der Waals surface area contributed by atoms with Crippen molar-refractivity contribution < 1.29 is 8.85 Å². The van der Waals surface area contributed by atoms with Crippen LogP contribution in [0.2, 0.25) is 0 Å². The van der Waals surface area contributed by atoms with E-state index in [1.807, 2.05) is 6.07 Å². The molecular weight excluding hydrogens is 316 g/mol. The van der Waals surface area contributed by atoms with Gasteiger partial charge in [-0.25, -0.2) is 4.68 Å². The quantitative estimate of drug-likeness (QED) is 0.603. The van der Waals surface area contributed by atoms with E-state index in [-0.39, 0.29) is 17.7 Å². The minimum Gasteiger partial charge on any atom is -0.496 e. The Hall–Kier alpha value is -3.46. The Bertz CT molecular complexity index is 1310. The van der Waals surface area contributed by atoms with Gasteiger partial charge in [-0.3, -0.25) is 9.89 Å². The molecule has 25 heavy (non-hydrogen) atoms. The van der Waals surface area contributed by atoms with Crippen molar-refractivity contribution in [3.63, 3.8) is 0 Å². The first-order chi connectivity index (χ1) is 13.3.